The van der Waals surface area contributed by atoms with E-state index in [-0.39, 0.29) is 37.3 Å². The predicted octanol–water partition coefficient (Wildman–Crippen LogP) is 3.89. The van der Waals surface area contributed by atoms with Crippen LogP contribution in [0.1, 0.15) is 78.4 Å². The Balaban J connectivity index is 1.53. The summed E-state index contributed by atoms with van der Waals surface area (Å²) in [7, 11) is -1.19. The van der Waals surface area contributed by atoms with Crippen LogP contribution in [0.3, 0.4) is 0 Å². The van der Waals surface area contributed by atoms with Crippen LogP contribution in [-0.4, -0.2) is 35.0 Å². The van der Waals surface area contributed by atoms with Gasteiger partial charge in [-0.1, -0.05) is 0 Å². The maximum Gasteiger partial charge on any atom is 0.121 e. The van der Waals surface area contributed by atoms with Crippen molar-refractivity contribution in [2.24, 2.45) is 0 Å². The second-order valence-electron chi connectivity index (χ2n) is 11.8. The van der Waals surface area contributed by atoms with Gasteiger partial charge in [0.1, 0.15) is 4.75 Å². The van der Waals surface area contributed by atoms with Gasteiger partial charge >= 0.3 is 179 Å². The number of hydrogen-bond donors (Lipinski definition) is 1. The smallest absolute Gasteiger partial charge is 0.0146 e. The summed E-state index contributed by atoms with van der Waals surface area (Å²) in [5.74, 6) is 3.01. The number of allylic oxidation sites excluding steroid dienone is 3. The van der Waals surface area contributed by atoms with Gasteiger partial charge in [-0.05, 0) is 20.8 Å². The zero-order valence-corrected chi connectivity index (χ0v) is 26.7. The number of halogens is 1. The molecule has 1 aliphatic carbocycles. The van der Waals surface area contributed by atoms with Gasteiger partial charge in [0, 0.05) is 18.7 Å². The van der Waals surface area contributed by atoms with E-state index in [1.807, 2.05) is 24.3 Å². The topological polar surface area (TPSA) is 61.1 Å². The third kappa shape index (κ3) is 6.91. The number of hydrogen-bond acceptors (Lipinski definition) is 5. The molecule has 3 unspecified atom stereocenters. The van der Waals surface area contributed by atoms with Crippen LogP contribution in [0, 0.1) is 0 Å². The van der Waals surface area contributed by atoms with Crippen molar-refractivity contribution in [3.63, 3.8) is 0 Å². The fourth-order valence-corrected chi connectivity index (χ4v) is 12.3. The summed E-state index contributed by atoms with van der Waals surface area (Å²) in [4.78, 5) is 0. The number of furan rings is 1. The first-order valence-electron chi connectivity index (χ1n) is 12.3. The summed E-state index contributed by atoms with van der Waals surface area (Å²) in [5, 5.41) is 11.8. The molecule has 0 spiro atoms. The number of ether oxygens (including phenoxy) is 2. The summed E-state index contributed by atoms with van der Waals surface area (Å²) in [6.07, 6.45) is 8.11. The van der Waals surface area contributed by atoms with E-state index >= 15 is 0 Å². The molecule has 1 aliphatic heterocycles. The molecule has 0 fully saturated rings. The SMILES string of the molecule is CC(OC1=CCC2C(=C1)OC(O)c1c2oc2cc(OS(C)(C)C[I-]C(C)(C)C)ccc12)[SH+]C(C)(C)C. The van der Waals surface area contributed by atoms with Crippen molar-refractivity contribution in [2.75, 3.05) is 16.3 Å². The first kappa shape index (κ1) is 28.0. The molecule has 2 heterocycles. The van der Waals surface area contributed by atoms with Crippen LogP contribution in [0.5, 0.6) is 5.75 Å². The molecule has 3 atom stereocenters. The number of alkyl halides is 2. The van der Waals surface area contributed by atoms with Crippen LogP contribution in [0.15, 0.2) is 46.3 Å². The number of rotatable bonds is 7. The Morgan fingerprint density at radius 3 is 2.58 bits per heavy atom. The van der Waals surface area contributed by atoms with Crippen LogP contribution in [0.25, 0.3) is 11.0 Å². The van der Waals surface area contributed by atoms with Gasteiger partial charge in [-0.2, -0.15) is 0 Å². The molecule has 5 nitrogen and oxygen atoms in total. The van der Waals surface area contributed by atoms with Crippen molar-refractivity contribution in [1.82, 2.24) is 0 Å². The van der Waals surface area contributed by atoms with Gasteiger partial charge < -0.3 is 4.74 Å². The maximum absolute atomic E-state index is 10.9. The van der Waals surface area contributed by atoms with Gasteiger partial charge in [0.25, 0.3) is 5.44 Å². The van der Waals surface area contributed by atoms with Gasteiger partial charge in [-0.15, -0.1) is 0 Å². The number of benzene rings is 1. The van der Waals surface area contributed by atoms with E-state index in [9.17, 15) is 5.11 Å². The fourth-order valence-electron chi connectivity index (χ4n) is 4.30. The average Bonchev–Trinajstić information content (AvgIpc) is 3.09. The minimum atomic E-state index is -1.19. The van der Waals surface area contributed by atoms with Crippen molar-refractivity contribution in [3.05, 3.63) is 53.2 Å². The zero-order valence-electron chi connectivity index (χ0n) is 22.8. The zero-order chi connectivity index (χ0) is 26.5. The Morgan fingerprint density at radius 2 is 1.92 bits per heavy atom. The molecule has 1 N–H and O–H groups in total. The van der Waals surface area contributed by atoms with Crippen molar-refractivity contribution >= 4 is 33.0 Å². The Labute approximate surface area is 232 Å². The summed E-state index contributed by atoms with van der Waals surface area (Å²) >= 11 is 1.27. The second-order valence-corrected chi connectivity index (χ2v) is 23.2. The molecular formula is C28H41IO5S2. The molecule has 202 valence electrons. The molecule has 8 heteroatoms. The first-order chi connectivity index (χ1) is 16.6. The first-order valence-corrected chi connectivity index (χ1v) is 18.4. The molecule has 2 aromatic rings. The molecule has 0 amide bonds. The van der Waals surface area contributed by atoms with E-state index in [0.29, 0.717) is 15.6 Å². The molecule has 2 aliphatic rings. The van der Waals surface area contributed by atoms with Crippen molar-refractivity contribution < 1.29 is 44.4 Å². The van der Waals surface area contributed by atoms with E-state index in [2.05, 4.69) is 67.1 Å². The number of aliphatic hydroxyl groups excluding tert-OH is 1. The Kier molecular flexibility index (Phi) is 8.03. The molecule has 1 aromatic carbocycles. The van der Waals surface area contributed by atoms with Crippen LogP contribution >= 0.6 is 10.3 Å². The second kappa shape index (κ2) is 10.3. The molecule has 0 bridgehead atoms. The molecule has 0 saturated heterocycles. The Morgan fingerprint density at radius 1 is 1.19 bits per heavy atom. The number of fused-ring (bicyclic) bond motifs is 5. The van der Waals surface area contributed by atoms with Gasteiger partial charge in [0.05, 0.1) is 0 Å². The van der Waals surface area contributed by atoms with Crippen LogP contribution in [-0.2, 0) is 21.2 Å². The number of thiol groups is 1. The Bertz CT molecular complexity index is 1170. The van der Waals surface area contributed by atoms with Crippen LogP contribution in [0.2, 0.25) is 0 Å². The summed E-state index contributed by atoms with van der Waals surface area (Å²) in [6.45, 7) is 15.6. The van der Waals surface area contributed by atoms with Gasteiger partial charge in [0.2, 0.25) is 0 Å². The van der Waals surface area contributed by atoms with Crippen molar-refractivity contribution in [1.29, 1.82) is 0 Å². The predicted molar refractivity (Wildman–Crippen MR) is 150 cm³/mol. The minimum absolute atomic E-state index is 0.0439. The summed E-state index contributed by atoms with van der Waals surface area (Å²) < 4.78 is 26.7. The van der Waals surface area contributed by atoms with Gasteiger partial charge in [0.15, 0.2) is 0 Å². The third-order valence-electron chi connectivity index (χ3n) is 5.64. The maximum atomic E-state index is 10.9. The summed E-state index contributed by atoms with van der Waals surface area (Å²) in [6, 6.07) is 5.94. The average molecular weight is 649 g/mol. The molecule has 36 heavy (non-hydrogen) atoms. The van der Waals surface area contributed by atoms with E-state index < -0.39 is 16.6 Å². The Hall–Kier alpha value is -0.970. The van der Waals surface area contributed by atoms with Crippen LogP contribution in [0.4, 0.5) is 0 Å². The minimum Gasteiger partial charge on any atom is -0.0146 e. The van der Waals surface area contributed by atoms with E-state index in [1.54, 1.807) is 0 Å². The quantitative estimate of drug-likeness (QED) is 0.214. The summed E-state index contributed by atoms with van der Waals surface area (Å²) in [5.41, 5.74) is 1.52. The molecule has 0 radical (unpaired) electrons. The molecular weight excluding hydrogens is 607 g/mol. The van der Waals surface area contributed by atoms with E-state index in [1.165, 1.54) is 11.8 Å². The van der Waals surface area contributed by atoms with Crippen molar-refractivity contribution in [3.8, 4) is 5.75 Å². The normalized spacial score (nSPS) is 21.7. The molecule has 4 rings (SSSR count). The largest absolute Gasteiger partial charge is 0.121 e. The van der Waals surface area contributed by atoms with E-state index in [0.717, 1.165) is 37.6 Å². The monoisotopic (exact) mass is 648 g/mol. The fraction of sp³-hybridized carbons (Fsp3) is 0.571. The standard InChI is InChI=1S/C28H40IO5S2/c1-17(35-28(5,6)7)31-18-10-13-21-23(14-18)33-26(30)24-20-12-11-19(15-22(20)32-25(21)24)34-36(8,9)16-29-27(2,3)4/h10-12,14-15,17,21,26,30H,13,16H2,1-9H3/q-1/p+1. The van der Waals surface area contributed by atoms with E-state index in [4.69, 9.17) is 18.1 Å². The van der Waals surface area contributed by atoms with Gasteiger partial charge in [-0.3, -0.25) is 0 Å². The number of aliphatic hydroxyl groups is 1. The molecule has 0 saturated carbocycles. The van der Waals surface area contributed by atoms with Crippen LogP contribution < -0.4 is 25.4 Å². The third-order valence-corrected chi connectivity index (χ3v) is 15.9. The van der Waals surface area contributed by atoms with Gasteiger partial charge in [-0.25, -0.2) is 0 Å². The molecule has 1 aromatic heterocycles. The van der Waals surface area contributed by atoms with Crippen molar-refractivity contribution in [2.45, 2.75) is 80.7 Å².